The lowest BCUT2D eigenvalue weighted by atomic mass is 10.1. The summed E-state index contributed by atoms with van der Waals surface area (Å²) in [5, 5.41) is 0. The van der Waals surface area contributed by atoms with Gasteiger partial charge in [0.25, 0.3) is 0 Å². The molecular weight excluding hydrogens is 374 g/mol. The first kappa shape index (κ1) is 10.5. The Morgan fingerprint density at radius 1 is 1.33 bits per heavy atom. The summed E-state index contributed by atoms with van der Waals surface area (Å²) >= 11 is 4.71. The molecule has 12 heavy (non-hydrogen) atoms. The quantitative estimate of drug-likeness (QED) is 0.633. The van der Waals surface area contributed by atoms with E-state index in [0.717, 1.165) is 0 Å². The number of hydrogen-bond acceptors (Lipinski definition) is 0. The molecule has 0 unspecified atom stereocenters. The highest BCUT2D eigenvalue weighted by molar-refractivity contribution is 14.1. The molecule has 1 aromatic rings. The molecule has 0 aliphatic heterocycles. The monoisotopic (exact) mass is 384 g/mol. The number of halogens is 2. The van der Waals surface area contributed by atoms with Crippen molar-refractivity contribution in [3.8, 4) is 0 Å². The van der Waals surface area contributed by atoms with Crippen LogP contribution in [0.15, 0.2) is 24.3 Å². The van der Waals surface area contributed by atoms with Gasteiger partial charge >= 0.3 is 0 Å². The average molecular weight is 384 g/mol. The lowest BCUT2D eigenvalue weighted by Gasteiger charge is -2.04. The van der Waals surface area contributed by atoms with E-state index in [-0.39, 0.29) is 0 Å². The summed E-state index contributed by atoms with van der Waals surface area (Å²) in [6.07, 6.45) is 2.15. The second-order valence-electron chi connectivity index (χ2n) is 2.60. The van der Waals surface area contributed by atoms with E-state index < -0.39 is 0 Å². The summed E-state index contributed by atoms with van der Waals surface area (Å²) in [7, 11) is 0. The Bertz CT molecular complexity index is 314. The van der Waals surface area contributed by atoms with Crippen LogP contribution in [-0.2, 0) is 0 Å². The van der Waals surface area contributed by atoms with Crippen LogP contribution in [0, 0.1) is 7.14 Å². The average Bonchev–Trinajstić information content (AvgIpc) is 2.08. The van der Waals surface area contributed by atoms with E-state index in [0.29, 0.717) is 0 Å². The van der Waals surface area contributed by atoms with Gasteiger partial charge in [-0.15, -0.1) is 0 Å². The minimum Gasteiger partial charge on any atom is -0.0841 e. The fourth-order valence-corrected chi connectivity index (χ4v) is 2.21. The van der Waals surface area contributed by atoms with Crippen LogP contribution in [0.25, 0.3) is 5.57 Å². The maximum atomic E-state index is 2.37. The number of rotatable bonds is 1. The predicted octanol–water partition coefficient (Wildman–Crippen LogP) is 4.32. The largest absolute Gasteiger partial charge is 0.0841 e. The van der Waals surface area contributed by atoms with E-state index in [9.17, 15) is 0 Å². The summed E-state index contributed by atoms with van der Waals surface area (Å²) in [5.41, 5.74) is 2.70. The molecular formula is C10H10I2. The van der Waals surface area contributed by atoms with Crippen molar-refractivity contribution >= 4 is 50.8 Å². The van der Waals surface area contributed by atoms with E-state index in [2.05, 4.69) is 83.3 Å². The Hall–Kier alpha value is 0.420. The molecule has 0 amide bonds. The van der Waals surface area contributed by atoms with Crippen LogP contribution >= 0.6 is 45.2 Å². The zero-order chi connectivity index (χ0) is 9.14. The first-order chi connectivity index (χ1) is 5.65. The summed E-state index contributed by atoms with van der Waals surface area (Å²) in [4.78, 5) is 0. The summed E-state index contributed by atoms with van der Waals surface area (Å²) in [5.74, 6) is 0. The van der Waals surface area contributed by atoms with Crippen LogP contribution < -0.4 is 0 Å². The molecule has 2 heteroatoms. The first-order valence-corrected chi connectivity index (χ1v) is 5.89. The van der Waals surface area contributed by atoms with Gasteiger partial charge in [0, 0.05) is 7.14 Å². The van der Waals surface area contributed by atoms with Crippen LogP contribution in [0.5, 0.6) is 0 Å². The van der Waals surface area contributed by atoms with Gasteiger partial charge < -0.3 is 0 Å². The van der Waals surface area contributed by atoms with E-state index >= 15 is 0 Å². The van der Waals surface area contributed by atoms with Crippen molar-refractivity contribution in [1.82, 2.24) is 0 Å². The Morgan fingerprint density at radius 3 is 2.58 bits per heavy atom. The topological polar surface area (TPSA) is 0 Å². The first-order valence-electron chi connectivity index (χ1n) is 3.73. The second kappa shape index (κ2) is 4.60. The molecule has 0 heterocycles. The van der Waals surface area contributed by atoms with Crippen molar-refractivity contribution in [2.45, 2.75) is 13.8 Å². The normalized spacial score (nSPS) is 11.8. The molecule has 0 saturated heterocycles. The van der Waals surface area contributed by atoms with Gasteiger partial charge in [0.1, 0.15) is 0 Å². The van der Waals surface area contributed by atoms with E-state index in [1.54, 1.807) is 0 Å². The fraction of sp³-hybridized carbons (Fsp3) is 0.200. The Labute approximate surface area is 101 Å². The molecule has 0 radical (unpaired) electrons. The van der Waals surface area contributed by atoms with Crippen molar-refractivity contribution in [3.63, 3.8) is 0 Å². The third-order valence-corrected chi connectivity index (χ3v) is 3.40. The molecule has 64 valence electrons. The van der Waals surface area contributed by atoms with Crippen molar-refractivity contribution in [2.75, 3.05) is 0 Å². The molecule has 0 aliphatic carbocycles. The zero-order valence-corrected chi connectivity index (χ0v) is 11.4. The van der Waals surface area contributed by atoms with Gasteiger partial charge in [0.05, 0.1) is 0 Å². The van der Waals surface area contributed by atoms with Crippen molar-refractivity contribution in [1.29, 1.82) is 0 Å². The lowest BCUT2D eigenvalue weighted by molar-refractivity contribution is 1.48. The fourth-order valence-electron chi connectivity index (χ4n) is 0.955. The third kappa shape index (κ3) is 2.45. The van der Waals surface area contributed by atoms with Crippen molar-refractivity contribution < 1.29 is 0 Å². The van der Waals surface area contributed by atoms with Crippen LogP contribution in [0.1, 0.15) is 19.4 Å². The van der Waals surface area contributed by atoms with Crippen LogP contribution in [-0.4, -0.2) is 0 Å². The molecule has 0 bridgehead atoms. The molecule has 0 fully saturated rings. The van der Waals surface area contributed by atoms with Crippen LogP contribution in [0.3, 0.4) is 0 Å². The Balaban J connectivity index is 3.23. The predicted molar refractivity (Wildman–Crippen MR) is 71.2 cm³/mol. The van der Waals surface area contributed by atoms with Crippen molar-refractivity contribution in [3.05, 3.63) is 37.0 Å². The number of hydrogen-bond donors (Lipinski definition) is 0. The highest BCUT2D eigenvalue weighted by atomic mass is 127. The maximum absolute atomic E-state index is 2.37. The molecule has 0 N–H and O–H groups in total. The second-order valence-corrected chi connectivity index (χ2v) is 5.00. The summed E-state index contributed by atoms with van der Waals surface area (Å²) in [6.45, 7) is 4.22. The molecule has 1 rings (SSSR count). The standard InChI is InChI=1S/C10H10I2/c1-3-7(2)9-6-8(11)4-5-10(9)12/h3-6H,1-2H3/b7-3+. The van der Waals surface area contributed by atoms with Gasteiger partial charge in [-0.2, -0.15) is 0 Å². The SMILES string of the molecule is C/C=C(\C)c1cc(I)ccc1I. The van der Waals surface area contributed by atoms with Gasteiger partial charge in [-0.05, 0) is 88.4 Å². The molecule has 0 saturated carbocycles. The molecule has 0 atom stereocenters. The van der Waals surface area contributed by atoms with Gasteiger partial charge in [-0.1, -0.05) is 6.08 Å². The van der Waals surface area contributed by atoms with Gasteiger partial charge in [-0.25, -0.2) is 0 Å². The number of benzene rings is 1. The van der Waals surface area contributed by atoms with Gasteiger partial charge in [0.15, 0.2) is 0 Å². The zero-order valence-electron chi connectivity index (χ0n) is 7.07. The lowest BCUT2D eigenvalue weighted by Crippen LogP contribution is -1.85. The van der Waals surface area contributed by atoms with Crippen LogP contribution in [0.2, 0.25) is 0 Å². The minimum absolute atomic E-state index is 1.30. The maximum Gasteiger partial charge on any atom is 0.0206 e. The Kier molecular flexibility index (Phi) is 4.02. The van der Waals surface area contributed by atoms with Gasteiger partial charge in [0.2, 0.25) is 0 Å². The summed E-state index contributed by atoms with van der Waals surface area (Å²) in [6, 6.07) is 6.51. The van der Waals surface area contributed by atoms with E-state index in [1.165, 1.54) is 18.3 Å². The van der Waals surface area contributed by atoms with Crippen molar-refractivity contribution in [2.24, 2.45) is 0 Å². The van der Waals surface area contributed by atoms with E-state index in [4.69, 9.17) is 0 Å². The molecule has 0 aliphatic rings. The Morgan fingerprint density at radius 2 is 2.00 bits per heavy atom. The number of allylic oxidation sites excluding steroid dienone is 2. The highest BCUT2D eigenvalue weighted by Gasteiger charge is 2.00. The molecule has 0 spiro atoms. The minimum atomic E-state index is 1.30. The van der Waals surface area contributed by atoms with E-state index in [1.807, 2.05) is 0 Å². The molecule has 0 aromatic heterocycles. The third-order valence-electron chi connectivity index (χ3n) is 1.79. The molecule has 0 nitrogen and oxygen atoms in total. The van der Waals surface area contributed by atoms with Gasteiger partial charge in [-0.3, -0.25) is 0 Å². The van der Waals surface area contributed by atoms with Crippen LogP contribution in [0.4, 0.5) is 0 Å². The molecule has 1 aromatic carbocycles. The summed E-state index contributed by atoms with van der Waals surface area (Å²) < 4.78 is 2.62. The smallest absolute Gasteiger partial charge is 0.0206 e. The highest BCUT2D eigenvalue weighted by Crippen LogP contribution is 2.22.